The van der Waals surface area contributed by atoms with Crippen LogP contribution in [-0.2, 0) is 0 Å². The minimum absolute atomic E-state index is 0.262. The highest BCUT2D eigenvalue weighted by molar-refractivity contribution is 9.39. The lowest BCUT2D eigenvalue weighted by Gasteiger charge is -1.98. The molecule has 0 unspecified atom stereocenters. The molecule has 0 aliphatic heterocycles. The van der Waals surface area contributed by atoms with Crippen LogP contribution in [0.25, 0.3) is 0 Å². The van der Waals surface area contributed by atoms with E-state index in [1.807, 2.05) is 0 Å². The summed E-state index contributed by atoms with van der Waals surface area (Å²) < 4.78 is 13.0. The molecule has 1 aromatic rings. The zero-order valence-electron chi connectivity index (χ0n) is 5.89. The third kappa shape index (κ3) is 3.32. The van der Waals surface area contributed by atoms with E-state index in [0.29, 0.717) is 3.53 Å². The SMILES string of the molecule is Fc1ccc(NN=C(Br)Br)cc1. The first-order chi connectivity index (χ1) is 5.68. The standard InChI is InChI=1S/C7H5Br2FN2/c8-7(9)12-11-6-3-1-5(10)2-4-6/h1-4,11H. The normalized spacial score (nSPS) is 9.25. The van der Waals surface area contributed by atoms with Gasteiger partial charge in [0.1, 0.15) is 5.82 Å². The van der Waals surface area contributed by atoms with Gasteiger partial charge in [-0.1, -0.05) is 0 Å². The Kier molecular flexibility index (Phi) is 3.68. The summed E-state index contributed by atoms with van der Waals surface area (Å²) in [5, 5.41) is 3.80. The van der Waals surface area contributed by atoms with Crippen molar-refractivity contribution in [2.24, 2.45) is 5.10 Å². The minimum Gasteiger partial charge on any atom is -0.277 e. The number of anilines is 1. The van der Waals surface area contributed by atoms with E-state index in [-0.39, 0.29) is 5.82 Å². The molecule has 0 spiro atoms. The summed E-state index contributed by atoms with van der Waals surface area (Å²) in [6.45, 7) is 0. The fourth-order valence-corrected chi connectivity index (χ4v) is 0.809. The highest BCUT2D eigenvalue weighted by atomic mass is 79.9. The Morgan fingerprint density at radius 2 is 1.83 bits per heavy atom. The van der Waals surface area contributed by atoms with Crippen LogP contribution in [0.2, 0.25) is 0 Å². The van der Waals surface area contributed by atoms with Crippen LogP contribution >= 0.6 is 31.9 Å². The molecule has 0 radical (unpaired) electrons. The molecular formula is C7H5Br2FN2. The van der Waals surface area contributed by atoms with Gasteiger partial charge in [0, 0.05) is 0 Å². The van der Waals surface area contributed by atoms with Crippen LogP contribution < -0.4 is 5.43 Å². The molecular weight excluding hydrogens is 291 g/mol. The number of rotatable bonds is 2. The number of hydrazone groups is 1. The van der Waals surface area contributed by atoms with Crippen molar-refractivity contribution in [3.8, 4) is 0 Å². The van der Waals surface area contributed by atoms with E-state index < -0.39 is 0 Å². The van der Waals surface area contributed by atoms with Gasteiger partial charge in [-0.25, -0.2) is 4.39 Å². The molecule has 0 atom stereocenters. The van der Waals surface area contributed by atoms with Crippen molar-refractivity contribution < 1.29 is 4.39 Å². The second-order valence-corrected chi connectivity index (χ2v) is 4.54. The first-order valence-electron chi connectivity index (χ1n) is 3.09. The van der Waals surface area contributed by atoms with E-state index >= 15 is 0 Å². The van der Waals surface area contributed by atoms with Gasteiger partial charge in [0.25, 0.3) is 0 Å². The fourth-order valence-electron chi connectivity index (χ4n) is 0.631. The number of benzene rings is 1. The lowest BCUT2D eigenvalue weighted by Crippen LogP contribution is -1.88. The molecule has 0 aliphatic rings. The molecule has 5 heteroatoms. The summed E-state index contributed by atoms with van der Waals surface area (Å²) in [7, 11) is 0. The highest BCUT2D eigenvalue weighted by Gasteiger charge is 1.90. The number of hydrogen-bond acceptors (Lipinski definition) is 2. The van der Waals surface area contributed by atoms with Gasteiger partial charge >= 0.3 is 0 Å². The molecule has 0 aromatic heterocycles. The third-order valence-electron chi connectivity index (χ3n) is 1.11. The van der Waals surface area contributed by atoms with E-state index in [2.05, 4.69) is 42.4 Å². The van der Waals surface area contributed by atoms with Gasteiger partial charge in [0.2, 0.25) is 0 Å². The van der Waals surface area contributed by atoms with Crippen LogP contribution in [0.4, 0.5) is 10.1 Å². The van der Waals surface area contributed by atoms with Crippen LogP contribution in [0.5, 0.6) is 0 Å². The molecule has 0 fully saturated rings. The highest BCUT2D eigenvalue weighted by Crippen LogP contribution is 2.09. The molecule has 0 saturated heterocycles. The first-order valence-corrected chi connectivity index (χ1v) is 4.67. The van der Waals surface area contributed by atoms with Crippen molar-refractivity contribution in [3.05, 3.63) is 30.1 Å². The second kappa shape index (κ2) is 4.57. The zero-order chi connectivity index (χ0) is 8.97. The Morgan fingerprint density at radius 3 is 2.33 bits per heavy atom. The van der Waals surface area contributed by atoms with Gasteiger partial charge in [0.15, 0.2) is 3.53 Å². The van der Waals surface area contributed by atoms with Crippen molar-refractivity contribution in [3.63, 3.8) is 0 Å². The average molecular weight is 296 g/mol. The van der Waals surface area contributed by atoms with E-state index in [1.165, 1.54) is 12.1 Å². The molecule has 1 N–H and O–H groups in total. The first kappa shape index (κ1) is 9.67. The molecule has 1 aromatic carbocycles. The number of nitrogens with zero attached hydrogens (tertiary/aromatic N) is 1. The molecule has 0 bridgehead atoms. The van der Waals surface area contributed by atoms with E-state index in [0.717, 1.165) is 5.69 Å². The Hall–Kier alpha value is -0.420. The van der Waals surface area contributed by atoms with E-state index in [4.69, 9.17) is 0 Å². The molecule has 0 saturated carbocycles. The molecule has 2 nitrogen and oxygen atoms in total. The summed E-state index contributed by atoms with van der Waals surface area (Å²) >= 11 is 6.15. The molecule has 64 valence electrons. The van der Waals surface area contributed by atoms with E-state index in [9.17, 15) is 4.39 Å². The maximum atomic E-state index is 12.4. The summed E-state index contributed by atoms with van der Waals surface area (Å²) in [6, 6.07) is 5.92. The van der Waals surface area contributed by atoms with Gasteiger partial charge in [-0.2, -0.15) is 5.10 Å². The Morgan fingerprint density at radius 1 is 1.25 bits per heavy atom. The van der Waals surface area contributed by atoms with Gasteiger partial charge < -0.3 is 0 Å². The quantitative estimate of drug-likeness (QED) is 0.657. The maximum absolute atomic E-state index is 12.4. The average Bonchev–Trinajstić information content (AvgIpc) is 2.03. The number of halogens is 3. The Bertz CT molecular complexity index is 280. The van der Waals surface area contributed by atoms with Crippen molar-refractivity contribution in [1.29, 1.82) is 0 Å². The predicted octanol–water partition coefficient (Wildman–Crippen LogP) is 3.30. The molecule has 12 heavy (non-hydrogen) atoms. The Labute approximate surface area is 86.1 Å². The van der Waals surface area contributed by atoms with Crippen LogP contribution in [0.15, 0.2) is 29.4 Å². The maximum Gasteiger partial charge on any atom is 0.168 e. The molecule has 0 aliphatic carbocycles. The van der Waals surface area contributed by atoms with Crippen molar-refractivity contribution in [1.82, 2.24) is 0 Å². The monoisotopic (exact) mass is 294 g/mol. The van der Waals surface area contributed by atoms with Crippen LogP contribution in [-0.4, -0.2) is 3.53 Å². The molecule has 0 amide bonds. The predicted molar refractivity (Wildman–Crippen MR) is 55.3 cm³/mol. The Balaban J connectivity index is 2.65. The summed E-state index contributed by atoms with van der Waals surface area (Å²) in [5.74, 6) is -0.262. The number of nitrogens with one attached hydrogen (secondary N) is 1. The van der Waals surface area contributed by atoms with Gasteiger partial charge in [0.05, 0.1) is 5.69 Å². The molecule has 1 rings (SSSR count). The van der Waals surface area contributed by atoms with Gasteiger partial charge in [-0.15, -0.1) is 0 Å². The van der Waals surface area contributed by atoms with Crippen LogP contribution in [0.1, 0.15) is 0 Å². The van der Waals surface area contributed by atoms with Crippen molar-refractivity contribution >= 4 is 41.1 Å². The lowest BCUT2D eigenvalue weighted by molar-refractivity contribution is 0.628. The van der Waals surface area contributed by atoms with Crippen molar-refractivity contribution in [2.45, 2.75) is 0 Å². The fraction of sp³-hybridized carbons (Fsp3) is 0. The summed E-state index contributed by atoms with van der Waals surface area (Å²) in [5.41, 5.74) is 3.43. The minimum atomic E-state index is -0.262. The number of hydrogen-bond donors (Lipinski definition) is 1. The van der Waals surface area contributed by atoms with Crippen molar-refractivity contribution in [2.75, 3.05) is 5.43 Å². The van der Waals surface area contributed by atoms with Gasteiger partial charge in [-0.3, -0.25) is 5.43 Å². The van der Waals surface area contributed by atoms with Gasteiger partial charge in [-0.05, 0) is 56.1 Å². The van der Waals surface area contributed by atoms with Crippen LogP contribution in [0, 0.1) is 5.82 Å². The smallest absolute Gasteiger partial charge is 0.168 e. The largest absolute Gasteiger partial charge is 0.277 e. The zero-order valence-corrected chi connectivity index (χ0v) is 9.06. The lowest BCUT2D eigenvalue weighted by atomic mass is 10.3. The van der Waals surface area contributed by atoms with E-state index in [1.54, 1.807) is 12.1 Å². The topological polar surface area (TPSA) is 24.4 Å². The summed E-state index contributed by atoms with van der Waals surface area (Å²) in [6.07, 6.45) is 0. The third-order valence-corrected chi connectivity index (χ3v) is 1.47. The second-order valence-electron chi connectivity index (χ2n) is 1.97. The van der Waals surface area contributed by atoms with Crippen LogP contribution in [0.3, 0.4) is 0 Å². The molecule has 0 heterocycles. The summed E-state index contributed by atoms with van der Waals surface area (Å²) in [4.78, 5) is 0.